The first kappa shape index (κ1) is 13.1. The van der Waals surface area contributed by atoms with Crippen LogP contribution in [0.4, 0.5) is 0 Å². The molecular formula is C17H19NO2. The second-order valence-electron chi connectivity index (χ2n) is 5.79. The molecule has 0 atom stereocenters. The summed E-state index contributed by atoms with van der Waals surface area (Å²) in [6.07, 6.45) is 2.42. The smallest absolute Gasteiger partial charge is 0.224 e. The zero-order valence-corrected chi connectivity index (χ0v) is 11.4. The molecule has 104 valence electrons. The summed E-state index contributed by atoms with van der Waals surface area (Å²) < 4.78 is 0. The predicted molar refractivity (Wildman–Crippen MR) is 79.4 cm³/mol. The van der Waals surface area contributed by atoms with Crippen molar-refractivity contribution >= 4 is 16.7 Å². The van der Waals surface area contributed by atoms with Gasteiger partial charge >= 0.3 is 0 Å². The zero-order valence-electron chi connectivity index (χ0n) is 11.4. The van der Waals surface area contributed by atoms with Crippen LogP contribution < -0.4 is 5.32 Å². The van der Waals surface area contributed by atoms with Gasteiger partial charge in [-0.3, -0.25) is 4.79 Å². The number of aliphatic hydroxyl groups is 1. The van der Waals surface area contributed by atoms with Gasteiger partial charge in [0.1, 0.15) is 0 Å². The molecule has 0 aliphatic heterocycles. The Bertz CT molecular complexity index is 632. The van der Waals surface area contributed by atoms with E-state index in [1.54, 1.807) is 0 Å². The van der Waals surface area contributed by atoms with Crippen molar-refractivity contribution in [2.75, 3.05) is 13.2 Å². The lowest BCUT2D eigenvalue weighted by Crippen LogP contribution is -2.32. The van der Waals surface area contributed by atoms with Gasteiger partial charge in [0, 0.05) is 12.0 Å². The van der Waals surface area contributed by atoms with Crippen LogP contribution in [0.3, 0.4) is 0 Å². The van der Waals surface area contributed by atoms with Crippen molar-refractivity contribution in [1.29, 1.82) is 0 Å². The Morgan fingerprint density at radius 3 is 2.60 bits per heavy atom. The molecule has 1 fully saturated rings. The number of nitrogens with one attached hydrogen (secondary N) is 1. The molecule has 1 aliphatic rings. The summed E-state index contributed by atoms with van der Waals surface area (Å²) in [5, 5.41) is 14.5. The standard InChI is InChI=1S/C17H19NO2/c19-12-17(7-8-17)11-18-16(20)10-13-5-6-14-3-1-2-4-15(14)9-13/h1-6,9,19H,7-8,10-12H2,(H,18,20). The number of amides is 1. The van der Waals surface area contributed by atoms with Crippen LogP contribution in [0.15, 0.2) is 42.5 Å². The molecule has 0 radical (unpaired) electrons. The van der Waals surface area contributed by atoms with Crippen LogP contribution >= 0.6 is 0 Å². The highest BCUT2D eigenvalue weighted by atomic mass is 16.3. The van der Waals surface area contributed by atoms with Gasteiger partial charge in [-0.1, -0.05) is 42.5 Å². The van der Waals surface area contributed by atoms with Gasteiger partial charge < -0.3 is 10.4 Å². The topological polar surface area (TPSA) is 49.3 Å². The minimum absolute atomic E-state index is 0.0278. The lowest BCUT2D eigenvalue weighted by Gasteiger charge is -2.12. The molecule has 0 aromatic heterocycles. The fourth-order valence-corrected chi connectivity index (χ4v) is 2.45. The van der Waals surface area contributed by atoms with Crippen molar-refractivity contribution in [3.8, 4) is 0 Å². The van der Waals surface area contributed by atoms with Crippen LogP contribution in [-0.2, 0) is 11.2 Å². The van der Waals surface area contributed by atoms with Gasteiger partial charge in [0.15, 0.2) is 0 Å². The molecule has 2 aromatic rings. The summed E-state index contributed by atoms with van der Waals surface area (Å²) >= 11 is 0. The van der Waals surface area contributed by atoms with Crippen molar-refractivity contribution in [2.24, 2.45) is 5.41 Å². The number of carbonyl (C=O) groups is 1. The molecular weight excluding hydrogens is 250 g/mol. The molecule has 0 saturated heterocycles. The van der Waals surface area contributed by atoms with E-state index in [2.05, 4.69) is 23.5 Å². The molecule has 20 heavy (non-hydrogen) atoms. The Morgan fingerprint density at radius 2 is 1.90 bits per heavy atom. The van der Waals surface area contributed by atoms with Gasteiger partial charge in [0.05, 0.1) is 13.0 Å². The van der Waals surface area contributed by atoms with Crippen LogP contribution in [-0.4, -0.2) is 24.2 Å². The quantitative estimate of drug-likeness (QED) is 0.875. The predicted octanol–water partition coefficient (Wildman–Crippen LogP) is 2.27. The fraction of sp³-hybridized carbons (Fsp3) is 0.353. The molecule has 1 saturated carbocycles. The van der Waals surface area contributed by atoms with Gasteiger partial charge in [-0.2, -0.15) is 0 Å². The Labute approximate surface area is 118 Å². The van der Waals surface area contributed by atoms with E-state index in [1.165, 1.54) is 5.39 Å². The number of aliphatic hydroxyl groups excluding tert-OH is 1. The monoisotopic (exact) mass is 269 g/mol. The number of hydrogen-bond acceptors (Lipinski definition) is 2. The van der Waals surface area contributed by atoms with Crippen molar-refractivity contribution in [1.82, 2.24) is 5.32 Å². The zero-order chi connectivity index (χ0) is 14.0. The summed E-state index contributed by atoms with van der Waals surface area (Å²) in [6, 6.07) is 14.3. The summed E-state index contributed by atoms with van der Waals surface area (Å²) in [4.78, 5) is 11.9. The second kappa shape index (κ2) is 5.25. The number of rotatable bonds is 5. The molecule has 1 aliphatic carbocycles. The highest BCUT2D eigenvalue weighted by molar-refractivity contribution is 5.85. The molecule has 2 aromatic carbocycles. The summed E-state index contributed by atoms with van der Waals surface area (Å²) in [5.74, 6) is 0.0278. The number of hydrogen-bond donors (Lipinski definition) is 2. The van der Waals surface area contributed by atoms with Crippen molar-refractivity contribution in [3.05, 3.63) is 48.0 Å². The highest BCUT2D eigenvalue weighted by Crippen LogP contribution is 2.44. The molecule has 3 heteroatoms. The third kappa shape index (κ3) is 2.83. The fourth-order valence-electron chi connectivity index (χ4n) is 2.45. The number of fused-ring (bicyclic) bond motifs is 1. The number of carbonyl (C=O) groups excluding carboxylic acids is 1. The lowest BCUT2D eigenvalue weighted by atomic mass is 10.0. The van der Waals surface area contributed by atoms with Crippen LogP contribution in [0.2, 0.25) is 0 Å². The van der Waals surface area contributed by atoms with E-state index < -0.39 is 0 Å². The van der Waals surface area contributed by atoms with E-state index in [0.29, 0.717) is 13.0 Å². The molecule has 1 amide bonds. The lowest BCUT2D eigenvalue weighted by molar-refractivity contribution is -0.120. The Morgan fingerprint density at radius 1 is 1.15 bits per heavy atom. The minimum atomic E-state index is -0.0287. The average Bonchev–Trinajstić information content (AvgIpc) is 3.26. The van der Waals surface area contributed by atoms with E-state index in [1.807, 2.05) is 24.3 Å². The van der Waals surface area contributed by atoms with Crippen LogP contribution in [0, 0.1) is 5.41 Å². The maximum atomic E-state index is 11.9. The SMILES string of the molecule is O=C(Cc1ccc2ccccc2c1)NCC1(CO)CC1. The van der Waals surface area contributed by atoms with E-state index in [0.717, 1.165) is 23.8 Å². The van der Waals surface area contributed by atoms with Gasteiger partial charge in [-0.25, -0.2) is 0 Å². The summed E-state index contributed by atoms with van der Waals surface area (Å²) in [6.45, 7) is 0.763. The molecule has 0 heterocycles. The first-order chi connectivity index (χ1) is 9.71. The van der Waals surface area contributed by atoms with E-state index in [9.17, 15) is 9.90 Å². The van der Waals surface area contributed by atoms with Crippen LogP contribution in [0.5, 0.6) is 0 Å². The van der Waals surface area contributed by atoms with Gasteiger partial charge in [-0.15, -0.1) is 0 Å². The molecule has 3 nitrogen and oxygen atoms in total. The van der Waals surface area contributed by atoms with Crippen molar-refractivity contribution < 1.29 is 9.90 Å². The molecule has 0 bridgehead atoms. The van der Waals surface area contributed by atoms with Gasteiger partial charge in [0.2, 0.25) is 5.91 Å². The third-order valence-corrected chi connectivity index (χ3v) is 4.13. The highest BCUT2D eigenvalue weighted by Gasteiger charge is 2.41. The maximum Gasteiger partial charge on any atom is 0.224 e. The summed E-state index contributed by atoms with van der Waals surface area (Å²) in [5.41, 5.74) is 0.994. The van der Waals surface area contributed by atoms with E-state index >= 15 is 0 Å². The minimum Gasteiger partial charge on any atom is -0.396 e. The molecule has 2 N–H and O–H groups in total. The van der Waals surface area contributed by atoms with Crippen LogP contribution in [0.1, 0.15) is 18.4 Å². The normalized spacial score (nSPS) is 16.1. The Kier molecular flexibility index (Phi) is 3.45. The van der Waals surface area contributed by atoms with Crippen molar-refractivity contribution in [2.45, 2.75) is 19.3 Å². The summed E-state index contributed by atoms with van der Waals surface area (Å²) in [7, 11) is 0. The first-order valence-corrected chi connectivity index (χ1v) is 7.06. The van der Waals surface area contributed by atoms with Gasteiger partial charge in [0.25, 0.3) is 0 Å². The molecule has 3 rings (SSSR count). The van der Waals surface area contributed by atoms with Gasteiger partial charge in [-0.05, 0) is 29.2 Å². The second-order valence-corrected chi connectivity index (χ2v) is 5.79. The van der Waals surface area contributed by atoms with E-state index in [4.69, 9.17) is 0 Å². The molecule has 0 unspecified atom stereocenters. The van der Waals surface area contributed by atoms with Crippen LogP contribution in [0.25, 0.3) is 10.8 Å². The Balaban J connectivity index is 1.62. The van der Waals surface area contributed by atoms with Crippen molar-refractivity contribution in [3.63, 3.8) is 0 Å². The number of benzene rings is 2. The largest absolute Gasteiger partial charge is 0.396 e. The Hall–Kier alpha value is -1.87. The third-order valence-electron chi connectivity index (χ3n) is 4.13. The maximum absolute atomic E-state index is 11.9. The van der Waals surface area contributed by atoms with E-state index in [-0.39, 0.29) is 17.9 Å². The first-order valence-electron chi connectivity index (χ1n) is 7.06. The molecule has 0 spiro atoms. The average molecular weight is 269 g/mol.